The van der Waals surface area contributed by atoms with Gasteiger partial charge in [-0.1, -0.05) is 19.1 Å². The largest absolute Gasteiger partial charge is 0.491 e. The van der Waals surface area contributed by atoms with Crippen molar-refractivity contribution in [1.29, 1.82) is 0 Å². The van der Waals surface area contributed by atoms with Crippen LogP contribution in [0, 0.1) is 0 Å². The smallest absolute Gasteiger partial charge is 0.255 e. The quantitative estimate of drug-likeness (QED) is 0.760. The normalized spacial score (nSPS) is 16.4. The molecule has 0 aromatic heterocycles. The molecule has 2 aromatic carbocycles. The number of amides is 1. The fraction of sp³-hybridized carbons (Fsp3) is 0.381. The van der Waals surface area contributed by atoms with E-state index in [1.807, 2.05) is 36.4 Å². The summed E-state index contributed by atoms with van der Waals surface area (Å²) in [5.74, 6) is 0.626. The highest BCUT2D eigenvalue weighted by Crippen LogP contribution is 2.18. The van der Waals surface area contributed by atoms with Crippen LogP contribution in [0.25, 0.3) is 0 Å². The van der Waals surface area contributed by atoms with Crippen LogP contribution in [0.3, 0.4) is 0 Å². The van der Waals surface area contributed by atoms with Crippen molar-refractivity contribution in [2.75, 3.05) is 25.1 Å². The van der Waals surface area contributed by atoms with E-state index in [1.165, 1.54) is 0 Å². The molecule has 26 heavy (non-hydrogen) atoms. The number of benzene rings is 2. The lowest BCUT2D eigenvalue weighted by atomic mass is 10.1. The summed E-state index contributed by atoms with van der Waals surface area (Å²) >= 11 is 0. The van der Waals surface area contributed by atoms with Gasteiger partial charge in [-0.3, -0.25) is 4.79 Å². The third-order valence-electron chi connectivity index (χ3n) is 4.34. The van der Waals surface area contributed by atoms with Crippen LogP contribution in [0.2, 0.25) is 0 Å². The van der Waals surface area contributed by atoms with Crippen LogP contribution in [0.1, 0.15) is 35.7 Å². The van der Waals surface area contributed by atoms with E-state index in [4.69, 9.17) is 9.47 Å². The van der Waals surface area contributed by atoms with E-state index in [9.17, 15) is 4.79 Å². The summed E-state index contributed by atoms with van der Waals surface area (Å²) < 4.78 is 11.3. The molecule has 0 radical (unpaired) electrons. The van der Waals surface area contributed by atoms with Crippen molar-refractivity contribution >= 4 is 11.6 Å². The molecular formula is C21H26N2O3. The highest BCUT2D eigenvalue weighted by molar-refractivity contribution is 6.04. The summed E-state index contributed by atoms with van der Waals surface area (Å²) in [6.07, 6.45) is 2.34. The molecular weight excluding hydrogens is 328 g/mol. The molecule has 0 bridgehead atoms. The van der Waals surface area contributed by atoms with Gasteiger partial charge in [0, 0.05) is 24.4 Å². The Morgan fingerprint density at radius 1 is 1.23 bits per heavy atom. The molecule has 3 rings (SSSR count). The summed E-state index contributed by atoms with van der Waals surface area (Å²) in [6, 6.07) is 15.1. The van der Waals surface area contributed by atoms with Crippen LogP contribution in [-0.4, -0.2) is 31.8 Å². The second-order valence-corrected chi connectivity index (χ2v) is 6.41. The average Bonchev–Trinajstić information content (AvgIpc) is 3.19. The van der Waals surface area contributed by atoms with Gasteiger partial charge in [-0.2, -0.15) is 0 Å². The van der Waals surface area contributed by atoms with Gasteiger partial charge in [0.25, 0.3) is 5.91 Å². The lowest BCUT2D eigenvalue weighted by molar-refractivity contribution is 0.0679. The van der Waals surface area contributed by atoms with E-state index in [0.29, 0.717) is 12.2 Å². The molecule has 1 unspecified atom stereocenters. The number of anilines is 1. The van der Waals surface area contributed by atoms with E-state index >= 15 is 0 Å². The topological polar surface area (TPSA) is 59.6 Å². The molecule has 1 fully saturated rings. The highest BCUT2D eigenvalue weighted by Gasteiger charge is 2.16. The summed E-state index contributed by atoms with van der Waals surface area (Å²) in [5, 5.41) is 6.22. The number of hydrogen-bond donors (Lipinski definition) is 2. The van der Waals surface area contributed by atoms with E-state index in [1.54, 1.807) is 12.1 Å². The van der Waals surface area contributed by atoms with Crippen LogP contribution in [0.15, 0.2) is 48.5 Å². The third-order valence-corrected chi connectivity index (χ3v) is 4.34. The maximum atomic E-state index is 12.4. The molecule has 2 N–H and O–H groups in total. The number of carbonyl (C=O) groups is 1. The maximum absolute atomic E-state index is 12.4. The molecule has 0 aliphatic carbocycles. The second-order valence-electron chi connectivity index (χ2n) is 6.41. The SMILES string of the molecule is CCNCc1cccc(NC(=O)c2ccc(OCC3CCCO3)cc2)c1. The van der Waals surface area contributed by atoms with E-state index in [0.717, 1.165) is 49.5 Å². The van der Waals surface area contributed by atoms with Gasteiger partial charge in [-0.15, -0.1) is 0 Å². The van der Waals surface area contributed by atoms with Gasteiger partial charge in [0.05, 0.1) is 6.10 Å². The molecule has 5 heteroatoms. The summed E-state index contributed by atoms with van der Waals surface area (Å²) in [6.45, 7) is 5.15. The first-order valence-corrected chi connectivity index (χ1v) is 9.20. The molecule has 138 valence electrons. The first kappa shape index (κ1) is 18.4. The van der Waals surface area contributed by atoms with Gasteiger partial charge in [0.15, 0.2) is 0 Å². The van der Waals surface area contributed by atoms with Gasteiger partial charge in [-0.25, -0.2) is 0 Å². The van der Waals surface area contributed by atoms with Crippen molar-refractivity contribution in [2.45, 2.75) is 32.4 Å². The summed E-state index contributed by atoms with van der Waals surface area (Å²) in [5.41, 5.74) is 2.54. The van der Waals surface area contributed by atoms with Crippen molar-refractivity contribution in [3.63, 3.8) is 0 Å². The van der Waals surface area contributed by atoms with Crippen LogP contribution < -0.4 is 15.4 Å². The lowest BCUT2D eigenvalue weighted by Crippen LogP contribution is -2.16. The molecule has 0 spiro atoms. The summed E-state index contributed by atoms with van der Waals surface area (Å²) in [4.78, 5) is 12.4. The molecule has 2 aromatic rings. The molecule has 1 aliphatic rings. The zero-order valence-corrected chi connectivity index (χ0v) is 15.2. The Morgan fingerprint density at radius 3 is 2.81 bits per heavy atom. The Kier molecular flexibility index (Phi) is 6.63. The minimum absolute atomic E-state index is 0.128. The molecule has 1 amide bonds. The summed E-state index contributed by atoms with van der Waals surface area (Å²) in [7, 11) is 0. The first-order chi connectivity index (χ1) is 12.7. The highest BCUT2D eigenvalue weighted by atomic mass is 16.5. The van der Waals surface area contributed by atoms with Gasteiger partial charge in [0.1, 0.15) is 12.4 Å². The predicted octanol–water partition coefficient (Wildman–Crippen LogP) is 3.61. The van der Waals surface area contributed by atoms with E-state index in [2.05, 4.69) is 17.6 Å². The van der Waals surface area contributed by atoms with Crippen molar-refractivity contribution in [2.24, 2.45) is 0 Å². The van der Waals surface area contributed by atoms with E-state index in [-0.39, 0.29) is 12.0 Å². The van der Waals surface area contributed by atoms with E-state index < -0.39 is 0 Å². The number of hydrogen-bond acceptors (Lipinski definition) is 4. The number of nitrogens with one attached hydrogen (secondary N) is 2. The van der Waals surface area contributed by atoms with Crippen molar-refractivity contribution in [3.8, 4) is 5.75 Å². The van der Waals surface area contributed by atoms with Crippen molar-refractivity contribution in [1.82, 2.24) is 5.32 Å². The Morgan fingerprint density at radius 2 is 2.08 bits per heavy atom. The predicted molar refractivity (Wildman–Crippen MR) is 103 cm³/mol. The lowest BCUT2D eigenvalue weighted by Gasteiger charge is -2.12. The number of carbonyl (C=O) groups excluding carboxylic acids is 1. The Hall–Kier alpha value is -2.37. The number of rotatable bonds is 8. The number of ether oxygens (including phenoxy) is 2. The molecule has 1 atom stereocenters. The Bertz CT molecular complexity index is 709. The molecule has 5 nitrogen and oxygen atoms in total. The fourth-order valence-electron chi connectivity index (χ4n) is 2.90. The molecule has 1 heterocycles. The van der Waals surface area contributed by atoms with Crippen molar-refractivity contribution in [3.05, 3.63) is 59.7 Å². The first-order valence-electron chi connectivity index (χ1n) is 9.20. The monoisotopic (exact) mass is 354 g/mol. The standard InChI is InChI=1S/C21H26N2O3/c1-2-22-14-16-5-3-6-18(13-16)23-21(24)17-8-10-19(11-9-17)26-15-20-7-4-12-25-20/h3,5-6,8-11,13,20,22H,2,4,7,12,14-15H2,1H3,(H,23,24). The second kappa shape index (κ2) is 9.36. The maximum Gasteiger partial charge on any atom is 0.255 e. The van der Waals surface area contributed by atoms with Crippen molar-refractivity contribution < 1.29 is 14.3 Å². The molecule has 1 aliphatic heterocycles. The molecule has 0 saturated carbocycles. The van der Waals surface area contributed by atoms with Gasteiger partial charge in [-0.05, 0) is 61.3 Å². The van der Waals surface area contributed by atoms with Crippen LogP contribution >= 0.6 is 0 Å². The fourth-order valence-corrected chi connectivity index (χ4v) is 2.90. The average molecular weight is 354 g/mol. The van der Waals surface area contributed by atoms with Crippen LogP contribution in [0.4, 0.5) is 5.69 Å². The third kappa shape index (κ3) is 5.31. The Balaban J connectivity index is 1.54. The zero-order chi connectivity index (χ0) is 18.2. The Labute approximate surface area is 154 Å². The van der Waals surface area contributed by atoms with Gasteiger partial charge < -0.3 is 20.1 Å². The van der Waals surface area contributed by atoms with Gasteiger partial charge in [0.2, 0.25) is 0 Å². The zero-order valence-electron chi connectivity index (χ0n) is 15.2. The van der Waals surface area contributed by atoms with Crippen LogP contribution in [0.5, 0.6) is 5.75 Å². The molecule has 1 saturated heterocycles. The minimum atomic E-state index is -0.128. The minimum Gasteiger partial charge on any atom is -0.491 e. The van der Waals surface area contributed by atoms with Gasteiger partial charge >= 0.3 is 0 Å². The van der Waals surface area contributed by atoms with Crippen LogP contribution in [-0.2, 0) is 11.3 Å².